The number of carbonyl (C=O) groups excluding carboxylic acids is 2. The Bertz CT molecular complexity index is 541. The lowest BCUT2D eigenvalue weighted by molar-refractivity contribution is -0.119. The van der Waals surface area contributed by atoms with Crippen LogP contribution in [0.5, 0.6) is 0 Å². The number of likely N-dealkylation sites (N-methyl/N-ethyl adjacent to an activating group) is 1. The molecule has 1 aromatic rings. The average molecular weight is 260 g/mol. The summed E-state index contributed by atoms with van der Waals surface area (Å²) in [5.74, 6) is 4.73. The smallest absolute Gasteiger partial charge is 0.252 e. The predicted molar refractivity (Wildman–Crippen MR) is 71.5 cm³/mol. The number of benzene rings is 1. The minimum Gasteiger partial charge on any atom is -0.384 e. The van der Waals surface area contributed by atoms with Crippen LogP contribution in [0.25, 0.3) is 0 Å². The predicted octanol–water partition coefficient (Wildman–Crippen LogP) is -0.185. The fraction of sp³-hybridized carbons (Fsp3) is 0.286. The standard InChI is InChI=1S/C14H16N2O3/c1-10-11(6-4-8-17)5-3-7-12(10)14(19)16-9-13(18)15-2/h3,5,7,17H,8-9H2,1-2H3,(H,15,18)(H,16,19). The van der Waals surface area contributed by atoms with Crippen molar-refractivity contribution in [1.82, 2.24) is 10.6 Å². The highest BCUT2D eigenvalue weighted by Crippen LogP contribution is 2.12. The monoisotopic (exact) mass is 260 g/mol. The van der Waals surface area contributed by atoms with Crippen molar-refractivity contribution in [3.63, 3.8) is 0 Å². The van der Waals surface area contributed by atoms with Crippen molar-refractivity contribution in [2.24, 2.45) is 0 Å². The number of amides is 2. The van der Waals surface area contributed by atoms with Crippen molar-refractivity contribution in [2.75, 3.05) is 20.2 Å². The number of aliphatic hydroxyl groups excluding tert-OH is 1. The Kier molecular flexibility index (Phi) is 5.58. The first-order valence-electron chi connectivity index (χ1n) is 5.78. The molecule has 0 aromatic heterocycles. The fourth-order valence-corrected chi connectivity index (χ4v) is 1.50. The van der Waals surface area contributed by atoms with Crippen molar-refractivity contribution in [2.45, 2.75) is 6.92 Å². The van der Waals surface area contributed by atoms with Gasteiger partial charge >= 0.3 is 0 Å². The highest BCUT2D eigenvalue weighted by atomic mass is 16.2. The van der Waals surface area contributed by atoms with Crippen LogP contribution in [0.3, 0.4) is 0 Å². The molecule has 5 heteroatoms. The molecular weight excluding hydrogens is 244 g/mol. The van der Waals surface area contributed by atoms with Gasteiger partial charge in [-0.2, -0.15) is 0 Å². The van der Waals surface area contributed by atoms with E-state index in [-0.39, 0.29) is 25.0 Å². The second kappa shape index (κ2) is 7.19. The summed E-state index contributed by atoms with van der Waals surface area (Å²) in [5, 5.41) is 13.6. The van der Waals surface area contributed by atoms with Crippen molar-refractivity contribution >= 4 is 11.8 Å². The van der Waals surface area contributed by atoms with Crippen LogP contribution in [0.4, 0.5) is 0 Å². The second-order valence-electron chi connectivity index (χ2n) is 3.79. The van der Waals surface area contributed by atoms with Crippen LogP contribution in [0.15, 0.2) is 18.2 Å². The van der Waals surface area contributed by atoms with Crippen molar-refractivity contribution in [1.29, 1.82) is 0 Å². The molecule has 0 saturated heterocycles. The molecule has 0 aliphatic rings. The Morgan fingerprint density at radius 2 is 2.11 bits per heavy atom. The number of hydrogen-bond donors (Lipinski definition) is 3. The summed E-state index contributed by atoms with van der Waals surface area (Å²) in [6.07, 6.45) is 0. The zero-order valence-corrected chi connectivity index (χ0v) is 10.9. The molecule has 5 nitrogen and oxygen atoms in total. The fourth-order valence-electron chi connectivity index (χ4n) is 1.50. The van der Waals surface area contributed by atoms with E-state index in [1.807, 2.05) is 0 Å². The van der Waals surface area contributed by atoms with Gasteiger partial charge in [0.15, 0.2) is 0 Å². The van der Waals surface area contributed by atoms with Gasteiger partial charge < -0.3 is 15.7 Å². The topological polar surface area (TPSA) is 78.4 Å². The second-order valence-corrected chi connectivity index (χ2v) is 3.79. The van der Waals surface area contributed by atoms with Crippen LogP contribution in [-0.2, 0) is 4.79 Å². The summed E-state index contributed by atoms with van der Waals surface area (Å²) >= 11 is 0. The molecule has 0 aliphatic carbocycles. The summed E-state index contributed by atoms with van der Waals surface area (Å²) in [4.78, 5) is 23.0. The summed E-state index contributed by atoms with van der Waals surface area (Å²) in [5.41, 5.74) is 1.87. The van der Waals surface area contributed by atoms with Gasteiger partial charge in [-0.25, -0.2) is 0 Å². The Morgan fingerprint density at radius 1 is 1.37 bits per heavy atom. The van der Waals surface area contributed by atoms with E-state index in [0.29, 0.717) is 11.1 Å². The maximum absolute atomic E-state index is 11.9. The van der Waals surface area contributed by atoms with E-state index in [1.165, 1.54) is 7.05 Å². The van der Waals surface area contributed by atoms with Gasteiger partial charge in [-0.1, -0.05) is 17.9 Å². The molecule has 0 radical (unpaired) electrons. The summed E-state index contributed by atoms with van der Waals surface area (Å²) in [6, 6.07) is 5.15. The van der Waals surface area contributed by atoms with Gasteiger partial charge in [-0.05, 0) is 24.6 Å². The Hall–Kier alpha value is -2.32. The molecule has 0 saturated carbocycles. The molecule has 19 heavy (non-hydrogen) atoms. The third kappa shape index (κ3) is 4.12. The van der Waals surface area contributed by atoms with Gasteiger partial charge in [0.25, 0.3) is 5.91 Å². The zero-order chi connectivity index (χ0) is 14.3. The first-order chi connectivity index (χ1) is 9.10. The minimum atomic E-state index is -0.325. The molecule has 0 heterocycles. The molecule has 1 aromatic carbocycles. The third-order valence-electron chi connectivity index (χ3n) is 2.57. The Labute approximate surface area is 112 Å². The minimum absolute atomic E-state index is 0.0681. The van der Waals surface area contributed by atoms with E-state index in [2.05, 4.69) is 22.5 Å². The molecule has 0 aliphatic heterocycles. The molecule has 0 bridgehead atoms. The van der Waals surface area contributed by atoms with Gasteiger partial charge in [0.05, 0.1) is 6.54 Å². The van der Waals surface area contributed by atoms with Crippen LogP contribution in [0.2, 0.25) is 0 Å². The molecule has 100 valence electrons. The Balaban J connectivity index is 2.89. The quantitative estimate of drug-likeness (QED) is 0.659. The normalized spacial score (nSPS) is 9.21. The molecular formula is C14H16N2O3. The van der Waals surface area contributed by atoms with Crippen LogP contribution >= 0.6 is 0 Å². The molecule has 0 spiro atoms. The average Bonchev–Trinajstić information content (AvgIpc) is 2.43. The van der Waals surface area contributed by atoms with E-state index in [4.69, 9.17) is 5.11 Å². The van der Waals surface area contributed by atoms with E-state index < -0.39 is 0 Å². The molecule has 1 rings (SSSR count). The van der Waals surface area contributed by atoms with Gasteiger partial charge in [-0.3, -0.25) is 9.59 Å². The maximum atomic E-state index is 11.9. The largest absolute Gasteiger partial charge is 0.384 e. The number of nitrogens with one attached hydrogen (secondary N) is 2. The van der Waals surface area contributed by atoms with Crippen LogP contribution < -0.4 is 10.6 Å². The van der Waals surface area contributed by atoms with Crippen LogP contribution in [-0.4, -0.2) is 37.1 Å². The van der Waals surface area contributed by atoms with E-state index >= 15 is 0 Å². The van der Waals surface area contributed by atoms with Gasteiger partial charge in [-0.15, -0.1) is 0 Å². The lowest BCUT2D eigenvalue weighted by Gasteiger charge is -2.08. The molecule has 3 N–H and O–H groups in total. The van der Waals surface area contributed by atoms with Crippen LogP contribution in [0, 0.1) is 18.8 Å². The summed E-state index contributed by atoms with van der Waals surface area (Å²) < 4.78 is 0. The first kappa shape index (κ1) is 14.7. The first-order valence-corrected chi connectivity index (χ1v) is 5.78. The number of rotatable bonds is 3. The highest BCUT2D eigenvalue weighted by molar-refractivity contribution is 5.98. The van der Waals surface area contributed by atoms with Crippen molar-refractivity contribution < 1.29 is 14.7 Å². The summed E-state index contributed by atoms with van der Waals surface area (Å²) in [7, 11) is 1.50. The van der Waals surface area contributed by atoms with Crippen molar-refractivity contribution in [3.05, 3.63) is 34.9 Å². The number of carbonyl (C=O) groups is 2. The highest BCUT2D eigenvalue weighted by Gasteiger charge is 2.11. The molecule has 2 amide bonds. The zero-order valence-electron chi connectivity index (χ0n) is 10.9. The SMILES string of the molecule is CNC(=O)CNC(=O)c1cccc(C#CCO)c1C. The summed E-state index contributed by atoms with van der Waals surface area (Å²) in [6.45, 7) is 1.48. The van der Waals surface area contributed by atoms with E-state index in [9.17, 15) is 9.59 Å². The molecule has 0 fully saturated rings. The van der Waals surface area contributed by atoms with E-state index in [1.54, 1.807) is 25.1 Å². The maximum Gasteiger partial charge on any atom is 0.252 e. The number of aliphatic hydroxyl groups is 1. The third-order valence-corrected chi connectivity index (χ3v) is 2.57. The Morgan fingerprint density at radius 3 is 2.74 bits per heavy atom. The van der Waals surface area contributed by atoms with E-state index in [0.717, 1.165) is 5.56 Å². The van der Waals surface area contributed by atoms with Gasteiger partial charge in [0.2, 0.25) is 5.91 Å². The number of hydrogen-bond acceptors (Lipinski definition) is 3. The van der Waals surface area contributed by atoms with Gasteiger partial charge in [0, 0.05) is 18.2 Å². The lowest BCUT2D eigenvalue weighted by atomic mass is 10.0. The molecule has 0 atom stereocenters. The molecule has 0 unspecified atom stereocenters. The van der Waals surface area contributed by atoms with Gasteiger partial charge in [0.1, 0.15) is 6.61 Å². The lowest BCUT2D eigenvalue weighted by Crippen LogP contribution is -2.35. The van der Waals surface area contributed by atoms with Crippen molar-refractivity contribution in [3.8, 4) is 11.8 Å². The van der Waals surface area contributed by atoms with Crippen LogP contribution in [0.1, 0.15) is 21.5 Å².